The highest BCUT2D eigenvalue weighted by Crippen LogP contribution is 2.32. The molecule has 8 nitrogen and oxygen atoms in total. The van der Waals surface area contributed by atoms with Crippen LogP contribution in [0.2, 0.25) is 0 Å². The average molecular weight is 483 g/mol. The molecule has 0 unspecified atom stereocenters. The summed E-state index contributed by atoms with van der Waals surface area (Å²) in [7, 11) is 0. The highest BCUT2D eigenvalue weighted by atomic mass is 16.7. The Hall–Kier alpha value is -4.33. The normalized spacial score (nSPS) is 14.4. The molecule has 3 heterocycles. The molecule has 0 bridgehead atoms. The first-order valence-electron chi connectivity index (χ1n) is 12.2. The number of hydrogen-bond donors (Lipinski definition) is 1. The molecule has 6 rings (SSSR count). The topological polar surface area (TPSA) is 85.7 Å². The van der Waals surface area contributed by atoms with Crippen molar-refractivity contribution in [1.82, 2.24) is 14.9 Å². The fraction of sp³-hybridized carbons (Fsp3) is 0.250. The van der Waals surface area contributed by atoms with Crippen LogP contribution in [-0.2, 0) is 13.1 Å². The fourth-order valence-corrected chi connectivity index (χ4v) is 4.75. The molecule has 3 aromatic carbocycles. The third-order valence-corrected chi connectivity index (χ3v) is 6.66. The van der Waals surface area contributed by atoms with Gasteiger partial charge in [0.1, 0.15) is 0 Å². The second kappa shape index (κ2) is 9.37. The largest absolute Gasteiger partial charge is 0.454 e. The third kappa shape index (κ3) is 4.26. The maximum atomic E-state index is 13.6. The minimum atomic E-state index is -0.229. The first-order chi connectivity index (χ1) is 17.7. The second-order valence-electron chi connectivity index (χ2n) is 9.09. The predicted molar refractivity (Wildman–Crippen MR) is 137 cm³/mol. The van der Waals surface area contributed by atoms with E-state index in [2.05, 4.69) is 10.2 Å². The highest BCUT2D eigenvalue weighted by molar-refractivity contribution is 5.97. The van der Waals surface area contributed by atoms with Crippen molar-refractivity contribution in [2.24, 2.45) is 0 Å². The molecule has 1 saturated heterocycles. The maximum absolute atomic E-state index is 13.6. The monoisotopic (exact) mass is 482 g/mol. The molecular weight excluding hydrogens is 456 g/mol. The van der Waals surface area contributed by atoms with Gasteiger partial charge in [0, 0.05) is 25.2 Å². The van der Waals surface area contributed by atoms with Crippen LogP contribution in [0.4, 0.5) is 5.95 Å². The molecule has 0 radical (unpaired) electrons. The number of fused-ring (bicyclic) bond motifs is 2. The Morgan fingerprint density at radius 1 is 0.917 bits per heavy atom. The number of benzene rings is 3. The molecule has 0 aliphatic carbocycles. The summed E-state index contributed by atoms with van der Waals surface area (Å²) < 4.78 is 12.5. The standard InChI is InChI=1S/C28H26N4O4/c33-26(29-16-20-8-11-24-25(14-20)36-18-35-24)21-9-10-22-23(15-21)30-28(31-12-4-5-13-31)32(27(22)34)17-19-6-2-1-3-7-19/h1-3,6-11,14-15H,4-5,12-13,16-18H2,(H,29,33). The van der Waals surface area contributed by atoms with Gasteiger partial charge in [0.25, 0.3) is 11.5 Å². The lowest BCUT2D eigenvalue weighted by Crippen LogP contribution is -2.31. The zero-order valence-corrected chi connectivity index (χ0v) is 19.8. The van der Waals surface area contributed by atoms with Gasteiger partial charge >= 0.3 is 0 Å². The van der Waals surface area contributed by atoms with Crippen LogP contribution in [0.15, 0.2) is 71.5 Å². The van der Waals surface area contributed by atoms with Gasteiger partial charge in [0.15, 0.2) is 11.5 Å². The van der Waals surface area contributed by atoms with E-state index in [-0.39, 0.29) is 18.3 Å². The minimum Gasteiger partial charge on any atom is -0.454 e. The Morgan fingerprint density at radius 3 is 2.56 bits per heavy atom. The van der Waals surface area contributed by atoms with E-state index < -0.39 is 0 Å². The van der Waals surface area contributed by atoms with E-state index >= 15 is 0 Å². The van der Waals surface area contributed by atoms with Gasteiger partial charge in [0.2, 0.25) is 12.7 Å². The predicted octanol–water partition coefficient (Wildman–Crippen LogP) is 3.70. The second-order valence-corrected chi connectivity index (χ2v) is 9.09. The summed E-state index contributed by atoms with van der Waals surface area (Å²) in [5.41, 5.74) is 2.84. The van der Waals surface area contributed by atoms with Crippen LogP contribution >= 0.6 is 0 Å². The molecule has 0 saturated carbocycles. The Morgan fingerprint density at radius 2 is 1.72 bits per heavy atom. The van der Waals surface area contributed by atoms with Crippen LogP contribution in [0.25, 0.3) is 10.9 Å². The number of nitrogens with zero attached hydrogens (tertiary/aromatic N) is 3. The number of hydrogen-bond acceptors (Lipinski definition) is 6. The average Bonchev–Trinajstić information content (AvgIpc) is 3.61. The van der Waals surface area contributed by atoms with Crippen LogP contribution in [0.5, 0.6) is 11.5 Å². The number of rotatable bonds is 6. The molecule has 1 aromatic heterocycles. The molecular formula is C28H26N4O4. The van der Waals surface area contributed by atoms with Crippen molar-refractivity contribution in [3.8, 4) is 11.5 Å². The lowest BCUT2D eigenvalue weighted by atomic mass is 10.1. The molecule has 2 aliphatic heterocycles. The van der Waals surface area contributed by atoms with Gasteiger partial charge in [-0.25, -0.2) is 4.98 Å². The van der Waals surface area contributed by atoms with Crippen LogP contribution in [0, 0.1) is 0 Å². The number of ether oxygens (including phenoxy) is 2. The van der Waals surface area contributed by atoms with E-state index in [4.69, 9.17) is 14.5 Å². The summed E-state index contributed by atoms with van der Waals surface area (Å²) >= 11 is 0. The number of carbonyl (C=O) groups is 1. The van der Waals surface area contributed by atoms with Gasteiger partial charge in [-0.05, 0) is 54.3 Å². The molecule has 0 atom stereocenters. The van der Waals surface area contributed by atoms with Gasteiger partial charge in [-0.1, -0.05) is 36.4 Å². The van der Waals surface area contributed by atoms with Crippen molar-refractivity contribution >= 4 is 22.8 Å². The van der Waals surface area contributed by atoms with Crippen LogP contribution in [-0.4, -0.2) is 35.3 Å². The number of amides is 1. The summed E-state index contributed by atoms with van der Waals surface area (Å²) in [6.45, 7) is 2.73. The summed E-state index contributed by atoms with van der Waals surface area (Å²) in [6, 6.07) is 20.6. The Labute approximate surface area is 208 Å². The quantitative estimate of drug-likeness (QED) is 0.451. The van der Waals surface area contributed by atoms with Crippen molar-refractivity contribution in [2.45, 2.75) is 25.9 Å². The van der Waals surface area contributed by atoms with E-state index in [1.807, 2.05) is 48.5 Å². The van der Waals surface area contributed by atoms with Crippen LogP contribution < -0.4 is 25.2 Å². The molecule has 0 spiro atoms. The third-order valence-electron chi connectivity index (χ3n) is 6.66. The minimum absolute atomic E-state index is 0.0990. The summed E-state index contributed by atoms with van der Waals surface area (Å²) in [5.74, 6) is 1.81. The summed E-state index contributed by atoms with van der Waals surface area (Å²) in [6.07, 6.45) is 2.14. The van der Waals surface area contributed by atoms with Gasteiger partial charge in [-0.15, -0.1) is 0 Å². The molecule has 1 N–H and O–H groups in total. The van der Waals surface area contributed by atoms with Crippen molar-refractivity contribution in [2.75, 3.05) is 24.8 Å². The van der Waals surface area contributed by atoms with Gasteiger partial charge in [-0.3, -0.25) is 14.2 Å². The number of anilines is 1. The molecule has 1 fully saturated rings. The van der Waals surface area contributed by atoms with Crippen molar-refractivity contribution in [1.29, 1.82) is 0 Å². The first kappa shape index (κ1) is 22.2. The Bertz CT molecular complexity index is 1490. The van der Waals surface area contributed by atoms with Gasteiger partial charge < -0.3 is 19.7 Å². The zero-order chi connectivity index (χ0) is 24.5. The van der Waals surface area contributed by atoms with Gasteiger partial charge in [-0.2, -0.15) is 0 Å². The smallest absolute Gasteiger partial charge is 0.263 e. The van der Waals surface area contributed by atoms with Crippen molar-refractivity contribution in [3.63, 3.8) is 0 Å². The molecule has 182 valence electrons. The van der Waals surface area contributed by atoms with E-state index in [0.717, 1.165) is 37.1 Å². The first-order valence-corrected chi connectivity index (χ1v) is 12.2. The lowest BCUT2D eigenvalue weighted by Gasteiger charge is -2.22. The zero-order valence-electron chi connectivity index (χ0n) is 19.8. The number of nitrogens with one attached hydrogen (secondary N) is 1. The van der Waals surface area contributed by atoms with Crippen molar-refractivity contribution < 1.29 is 14.3 Å². The van der Waals surface area contributed by atoms with E-state index in [1.165, 1.54) is 0 Å². The number of aromatic nitrogens is 2. The molecule has 4 aromatic rings. The Kier molecular flexibility index (Phi) is 5.77. The molecule has 8 heteroatoms. The molecule has 2 aliphatic rings. The highest BCUT2D eigenvalue weighted by Gasteiger charge is 2.21. The fourth-order valence-electron chi connectivity index (χ4n) is 4.75. The van der Waals surface area contributed by atoms with Crippen LogP contribution in [0.3, 0.4) is 0 Å². The lowest BCUT2D eigenvalue weighted by molar-refractivity contribution is 0.0951. The summed E-state index contributed by atoms with van der Waals surface area (Å²) in [5, 5.41) is 3.44. The molecule has 36 heavy (non-hydrogen) atoms. The molecule has 1 amide bonds. The van der Waals surface area contributed by atoms with Crippen molar-refractivity contribution in [3.05, 3.63) is 93.8 Å². The summed E-state index contributed by atoms with van der Waals surface area (Å²) in [4.78, 5) is 33.6. The maximum Gasteiger partial charge on any atom is 0.263 e. The number of carbonyl (C=O) groups excluding carboxylic acids is 1. The van der Waals surface area contributed by atoms with Crippen LogP contribution in [0.1, 0.15) is 34.3 Å². The SMILES string of the molecule is O=C(NCc1ccc2c(c1)OCO2)c1ccc2c(=O)n(Cc3ccccc3)c(N3CCCC3)nc2c1. The van der Waals surface area contributed by atoms with Gasteiger partial charge in [0.05, 0.1) is 17.4 Å². The van der Waals surface area contributed by atoms with E-state index in [0.29, 0.717) is 47.0 Å². The Balaban J connectivity index is 1.30. The van der Waals surface area contributed by atoms with E-state index in [1.54, 1.807) is 22.8 Å². The van der Waals surface area contributed by atoms with E-state index in [9.17, 15) is 9.59 Å².